The summed E-state index contributed by atoms with van der Waals surface area (Å²) in [5, 5.41) is 10.7. The fourth-order valence-corrected chi connectivity index (χ4v) is 4.65. The highest BCUT2D eigenvalue weighted by molar-refractivity contribution is 6.30. The molecule has 0 saturated heterocycles. The highest BCUT2D eigenvalue weighted by Crippen LogP contribution is 2.49. The van der Waals surface area contributed by atoms with E-state index in [1.165, 1.54) is 18.3 Å². The second kappa shape index (κ2) is 8.22. The molecule has 3 aromatic rings. The van der Waals surface area contributed by atoms with E-state index in [-0.39, 0.29) is 29.5 Å². The van der Waals surface area contributed by atoms with E-state index in [9.17, 15) is 14.0 Å². The first-order chi connectivity index (χ1) is 15.9. The Morgan fingerprint density at radius 1 is 1.33 bits per heavy atom. The molecule has 10 heteroatoms. The first-order valence-corrected chi connectivity index (χ1v) is 11.2. The summed E-state index contributed by atoms with van der Waals surface area (Å²) in [7, 11) is 0. The third kappa shape index (κ3) is 3.97. The molecule has 2 aliphatic rings. The van der Waals surface area contributed by atoms with Gasteiger partial charge in [0, 0.05) is 28.5 Å². The highest BCUT2D eigenvalue weighted by Gasteiger charge is 2.46. The van der Waals surface area contributed by atoms with Crippen molar-refractivity contribution < 1.29 is 23.5 Å². The Bertz CT molecular complexity index is 1260. The van der Waals surface area contributed by atoms with Crippen molar-refractivity contribution in [2.75, 3.05) is 11.9 Å². The molecule has 1 atom stereocenters. The topological polar surface area (TPSA) is 94.5 Å². The van der Waals surface area contributed by atoms with E-state index in [1.54, 1.807) is 19.1 Å². The number of hydrogen-bond acceptors (Lipinski definition) is 5. The Morgan fingerprint density at radius 3 is 2.88 bits per heavy atom. The van der Waals surface area contributed by atoms with Gasteiger partial charge in [0.05, 0.1) is 30.0 Å². The van der Waals surface area contributed by atoms with Crippen LogP contribution in [0.2, 0.25) is 5.02 Å². The van der Waals surface area contributed by atoms with Gasteiger partial charge in [-0.15, -0.1) is 0 Å². The SMILES string of the molecule is CCOC(=O)n1ncc2c(NC(=O)NC3CC4(CCC4)Oc4cc(Cl)ccc43)cc(F)cc21. The smallest absolute Gasteiger partial charge is 0.435 e. The molecular formula is C23H22ClFN4O4. The van der Waals surface area contributed by atoms with Crippen LogP contribution in [-0.4, -0.2) is 34.1 Å². The molecule has 1 aromatic heterocycles. The van der Waals surface area contributed by atoms with Gasteiger partial charge in [-0.25, -0.2) is 14.0 Å². The second-order valence-electron chi connectivity index (χ2n) is 8.32. The number of carbonyl (C=O) groups excluding carboxylic acids is 2. The number of anilines is 1. The van der Waals surface area contributed by atoms with Crippen LogP contribution in [-0.2, 0) is 4.74 Å². The number of benzene rings is 2. The zero-order valence-corrected chi connectivity index (χ0v) is 18.6. The zero-order chi connectivity index (χ0) is 23.2. The van der Waals surface area contributed by atoms with Gasteiger partial charge in [0.1, 0.15) is 17.2 Å². The minimum Gasteiger partial charge on any atom is -0.487 e. The normalized spacial score (nSPS) is 18.2. The molecule has 172 valence electrons. The second-order valence-corrected chi connectivity index (χ2v) is 8.75. The monoisotopic (exact) mass is 472 g/mol. The Morgan fingerprint density at radius 2 is 2.15 bits per heavy atom. The Hall–Kier alpha value is -3.33. The summed E-state index contributed by atoms with van der Waals surface area (Å²) in [6, 6.07) is 6.92. The molecule has 1 unspecified atom stereocenters. The van der Waals surface area contributed by atoms with Crippen molar-refractivity contribution in [1.29, 1.82) is 0 Å². The van der Waals surface area contributed by atoms with Crippen LogP contribution < -0.4 is 15.4 Å². The molecule has 2 N–H and O–H groups in total. The van der Waals surface area contributed by atoms with Crippen molar-refractivity contribution in [3.8, 4) is 5.75 Å². The maximum absolute atomic E-state index is 14.3. The molecule has 2 aromatic carbocycles. The summed E-state index contributed by atoms with van der Waals surface area (Å²) in [6.45, 7) is 1.82. The average Bonchev–Trinajstić information content (AvgIpc) is 3.16. The van der Waals surface area contributed by atoms with Crippen LogP contribution in [0.3, 0.4) is 0 Å². The number of ether oxygens (including phenoxy) is 2. The molecule has 2 amide bonds. The van der Waals surface area contributed by atoms with Gasteiger partial charge in [0.25, 0.3) is 0 Å². The molecule has 0 bridgehead atoms. The van der Waals surface area contributed by atoms with E-state index in [2.05, 4.69) is 15.7 Å². The highest BCUT2D eigenvalue weighted by atomic mass is 35.5. The quantitative estimate of drug-likeness (QED) is 0.532. The Kier molecular flexibility index (Phi) is 5.36. The lowest BCUT2D eigenvalue weighted by Gasteiger charge is -2.48. The Balaban J connectivity index is 1.40. The first kappa shape index (κ1) is 21.5. The number of nitrogens with one attached hydrogen (secondary N) is 2. The third-order valence-corrected chi connectivity index (χ3v) is 6.40. The van der Waals surface area contributed by atoms with E-state index in [0.29, 0.717) is 22.6 Å². The summed E-state index contributed by atoms with van der Waals surface area (Å²) in [5.74, 6) is 0.0472. The van der Waals surface area contributed by atoms with Gasteiger partial charge in [0.15, 0.2) is 0 Å². The van der Waals surface area contributed by atoms with E-state index in [4.69, 9.17) is 21.1 Å². The van der Waals surface area contributed by atoms with Gasteiger partial charge in [-0.05, 0) is 44.4 Å². The van der Waals surface area contributed by atoms with Gasteiger partial charge in [0.2, 0.25) is 0 Å². The van der Waals surface area contributed by atoms with Crippen LogP contribution in [0.1, 0.15) is 44.2 Å². The van der Waals surface area contributed by atoms with Crippen LogP contribution in [0.4, 0.5) is 19.7 Å². The largest absolute Gasteiger partial charge is 0.487 e. The molecular weight excluding hydrogens is 451 g/mol. The van der Waals surface area contributed by atoms with Gasteiger partial charge in [-0.1, -0.05) is 17.7 Å². The lowest BCUT2D eigenvalue weighted by molar-refractivity contribution is -0.0354. The molecule has 5 rings (SSSR count). The summed E-state index contributed by atoms with van der Waals surface area (Å²) in [5.41, 5.74) is 0.928. The molecule has 0 radical (unpaired) electrons. The minimum absolute atomic E-state index is 0.155. The molecule has 8 nitrogen and oxygen atoms in total. The molecule has 1 spiro atoms. The van der Waals surface area contributed by atoms with Gasteiger partial charge in [-0.2, -0.15) is 9.78 Å². The number of halogens is 2. The zero-order valence-electron chi connectivity index (χ0n) is 17.9. The number of nitrogens with zero attached hydrogens (tertiary/aromatic N) is 2. The molecule has 1 fully saturated rings. The van der Waals surface area contributed by atoms with Gasteiger partial charge in [-0.3, -0.25) is 0 Å². The predicted molar refractivity (Wildman–Crippen MR) is 120 cm³/mol. The fraction of sp³-hybridized carbons (Fsp3) is 0.348. The van der Waals surface area contributed by atoms with Crippen molar-refractivity contribution in [3.63, 3.8) is 0 Å². The van der Waals surface area contributed by atoms with Crippen LogP contribution in [0.5, 0.6) is 5.75 Å². The molecule has 2 heterocycles. The van der Waals surface area contributed by atoms with E-state index in [1.807, 2.05) is 6.07 Å². The molecule has 1 aliphatic carbocycles. The number of amides is 2. The maximum Gasteiger partial charge on any atom is 0.435 e. The third-order valence-electron chi connectivity index (χ3n) is 6.17. The minimum atomic E-state index is -0.725. The van der Waals surface area contributed by atoms with Gasteiger partial charge >= 0.3 is 12.1 Å². The summed E-state index contributed by atoms with van der Waals surface area (Å²) in [6.07, 6.45) is 4.19. The number of hydrogen-bond donors (Lipinski definition) is 2. The lowest BCUT2D eigenvalue weighted by atomic mass is 9.73. The van der Waals surface area contributed by atoms with E-state index < -0.39 is 17.9 Å². The summed E-state index contributed by atoms with van der Waals surface area (Å²) < 4.78 is 26.4. The van der Waals surface area contributed by atoms with Crippen LogP contribution in [0.25, 0.3) is 10.9 Å². The molecule has 1 aliphatic heterocycles. The number of carbonyl (C=O) groups is 2. The summed E-state index contributed by atoms with van der Waals surface area (Å²) >= 11 is 6.15. The van der Waals surface area contributed by atoms with E-state index >= 15 is 0 Å². The van der Waals surface area contributed by atoms with Crippen LogP contribution in [0, 0.1) is 5.82 Å². The lowest BCUT2D eigenvalue weighted by Crippen LogP contribution is -2.50. The van der Waals surface area contributed by atoms with Crippen LogP contribution in [0.15, 0.2) is 36.5 Å². The fourth-order valence-electron chi connectivity index (χ4n) is 4.49. The van der Waals surface area contributed by atoms with Crippen LogP contribution >= 0.6 is 11.6 Å². The maximum atomic E-state index is 14.3. The van der Waals surface area contributed by atoms with Crippen molar-refractivity contribution in [2.45, 2.75) is 44.2 Å². The molecule has 33 heavy (non-hydrogen) atoms. The van der Waals surface area contributed by atoms with Crippen molar-refractivity contribution in [3.05, 3.63) is 52.9 Å². The van der Waals surface area contributed by atoms with Crippen molar-refractivity contribution in [2.24, 2.45) is 0 Å². The average molecular weight is 473 g/mol. The van der Waals surface area contributed by atoms with E-state index in [0.717, 1.165) is 29.5 Å². The number of urea groups is 1. The number of aromatic nitrogens is 2. The van der Waals surface area contributed by atoms with Crippen molar-refractivity contribution in [1.82, 2.24) is 15.1 Å². The number of rotatable bonds is 3. The van der Waals surface area contributed by atoms with Crippen molar-refractivity contribution >= 4 is 40.3 Å². The number of fused-ring (bicyclic) bond motifs is 2. The summed E-state index contributed by atoms with van der Waals surface area (Å²) in [4.78, 5) is 25.0. The molecule has 1 saturated carbocycles. The van der Waals surface area contributed by atoms with Gasteiger partial charge < -0.3 is 20.1 Å². The first-order valence-electron chi connectivity index (χ1n) is 10.8. The predicted octanol–water partition coefficient (Wildman–Crippen LogP) is 5.40. The standard InChI is InChI=1S/C23H22ClFN4O4/c1-2-32-22(31)29-19-10-14(25)9-17(16(19)12-26-29)27-21(30)28-18-11-23(6-3-7-23)33-20-8-13(24)4-5-15(18)20/h4-5,8-10,12,18H,2-3,6-7,11H2,1H3,(H2,27,28,30). The Labute approximate surface area is 194 Å².